The van der Waals surface area contributed by atoms with Crippen molar-refractivity contribution in [2.45, 2.75) is 26.7 Å². The summed E-state index contributed by atoms with van der Waals surface area (Å²) >= 11 is 0. The van der Waals surface area contributed by atoms with Crippen LogP contribution in [0.15, 0.2) is 24.3 Å². The largest absolute Gasteiger partial charge is 0.273 e. The first-order chi connectivity index (χ1) is 6.18. The highest BCUT2D eigenvalue weighted by molar-refractivity contribution is 5.91. The number of amides is 1. The van der Waals surface area contributed by atoms with Crippen molar-refractivity contribution in [3.8, 4) is 0 Å². The number of hydrogen-bond donors (Lipinski definition) is 1. The summed E-state index contributed by atoms with van der Waals surface area (Å²) in [6.07, 6.45) is 5.93. The molecule has 0 aromatic heterocycles. The molecule has 0 heterocycles. The zero-order valence-corrected chi connectivity index (χ0v) is 8.30. The Morgan fingerprint density at radius 1 is 1.62 bits per heavy atom. The monoisotopic (exact) mass is 183 g/mol. The molecule has 0 saturated carbocycles. The molecule has 0 unspecified atom stereocenters. The second kappa shape index (κ2) is 7.55. The molecule has 3 heteroatoms. The topological polar surface area (TPSA) is 38.3 Å². The molecule has 1 amide bonds. The third kappa shape index (κ3) is 7.28. The maximum atomic E-state index is 10.9. The summed E-state index contributed by atoms with van der Waals surface area (Å²) in [6.45, 7) is 7.62. The number of hydroxylamine groups is 1. The van der Waals surface area contributed by atoms with Crippen LogP contribution in [0.4, 0.5) is 0 Å². The van der Waals surface area contributed by atoms with Gasteiger partial charge >= 0.3 is 0 Å². The molecule has 0 aromatic rings. The third-order valence-electron chi connectivity index (χ3n) is 1.41. The van der Waals surface area contributed by atoms with E-state index in [2.05, 4.69) is 18.1 Å². The number of hydrogen-bond acceptors (Lipinski definition) is 2. The molecule has 0 aliphatic heterocycles. The second-order valence-electron chi connectivity index (χ2n) is 2.77. The maximum Gasteiger partial charge on any atom is 0.269 e. The van der Waals surface area contributed by atoms with E-state index >= 15 is 0 Å². The molecule has 0 rings (SSSR count). The fourth-order valence-electron chi connectivity index (χ4n) is 0.644. The lowest BCUT2D eigenvalue weighted by Crippen LogP contribution is -2.24. The van der Waals surface area contributed by atoms with Crippen molar-refractivity contribution in [2.24, 2.45) is 0 Å². The number of allylic oxidation sites excluding steroid dienone is 2. The standard InChI is InChI=1S/C10H17NO2/c1-4-5-6-7-8-13-11-10(12)9(2)3/h4-5H,2,6-8H2,1,3H3,(H,11,12)/b5-4+. The third-order valence-corrected chi connectivity index (χ3v) is 1.41. The number of unbranched alkanes of at least 4 members (excludes halogenated alkanes) is 1. The van der Waals surface area contributed by atoms with Gasteiger partial charge < -0.3 is 0 Å². The van der Waals surface area contributed by atoms with Crippen LogP contribution in [0.25, 0.3) is 0 Å². The first-order valence-corrected chi connectivity index (χ1v) is 4.37. The molecule has 0 aromatic carbocycles. The quantitative estimate of drug-likeness (QED) is 0.296. The van der Waals surface area contributed by atoms with E-state index < -0.39 is 0 Å². The minimum atomic E-state index is -0.258. The zero-order valence-electron chi connectivity index (χ0n) is 8.30. The van der Waals surface area contributed by atoms with Crippen LogP contribution in [0.1, 0.15) is 26.7 Å². The Labute approximate surface area is 79.4 Å². The fraction of sp³-hybridized carbons (Fsp3) is 0.500. The van der Waals surface area contributed by atoms with E-state index in [1.54, 1.807) is 6.92 Å². The molecule has 0 radical (unpaired) electrons. The van der Waals surface area contributed by atoms with E-state index in [0.29, 0.717) is 12.2 Å². The predicted molar refractivity (Wildman–Crippen MR) is 53.0 cm³/mol. The fourth-order valence-corrected chi connectivity index (χ4v) is 0.644. The van der Waals surface area contributed by atoms with E-state index in [-0.39, 0.29) is 5.91 Å². The van der Waals surface area contributed by atoms with E-state index in [1.165, 1.54) is 0 Å². The highest BCUT2D eigenvalue weighted by Gasteiger charge is 1.98. The molecule has 1 N–H and O–H groups in total. The van der Waals surface area contributed by atoms with Gasteiger partial charge in [-0.25, -0.2) is 5.48 Å². The maximum absolute atomic E-state index is 10.9. The minimum Gasteiger partial charge on any atom is -0.273 e. The Hall–Kier alpha value is -1.09. The number of rotatable bonds is 6. The SMILES string of the molecule is C=C(C)C(=O)NOCCC/C=C/C. The zero-order chi connectivity index (χ0) is 10.1. The molecule has 0 atom stereocenters. The Balaban J connectivity index is 3.26. The average molecular weight is 183 g/mol. The van der Waals surface area contributed by atoms with Crippen LogP contribution >= 0.6 is 0 Å². The molecule has 0 spiro atoms. The van der Waals surface area contributed by atoms with Crippen LogP contribution in [0.3, 0.4) is 0 Å². The van der Waals surface area contributed by atoms with Gasteiger partial charge in [0.2, 0.25) is 0 Å². The van der Waals surface area contributed by atoms with Gasteiger partial charge in [0.15, 0.2) is 0 Å². The number of carbonyl (C=O) groups excluding carboxylic acids is 1. The van der Waals surface area contributed by atoms with E-state index in [9.17, 15) is 4.79 Å². The Morgan fingerprint density at radius 2 is 2.31 bits per heavy atom. The molecule has 74 valence electrons. The van der Waals surface area contributed by atoms with Crippen LogP contribution < -0.4 is 5.48 Å². The van der Waals surface area contributed by atoms with Crippen molar-refractivity contribution in [1.82, 2.24) is 5.48 Å². The molecular formula is C10H17NO2. The van der Waals surface area contributed by atoms with Crippen LogP contribution in [0.2, 0.25) is 0 Å². The van der Waals surface area contributed by atoms with Gasteiger partial charge in [-0.15, -0.1) is 0 Å². The van der Waals surface area contributed by atoms with Gasteiger partial charge in [-0.3, -0.25) is 9.63 Å². The Kier molecular flexibility index (Phi) is 6.92. The number of carbonyl (C=O) groups is 1. The second-order valence-corrected chi connectivity index (χ2v) is 2.77. The first-order valence-electron chi connectivity index (χ1n) is 4.37. The Bertz CT molecular complexity index is 197. The highest BCUT2D eigenvalue weighted by atomic mass is 16.6. The number of nitrogens with one attached hydrogen (secondary N) is 1. The smallest absolute Gasteiger partial charge is 0.269 e. The highest BCUT2D eigenvalue weighted by Crippen LogP contribution is 1.91. The van der Waals surface area contributed by atoms with E-state index in [0.717, 1.165) is 12.8 Å². The summed E-state index contributed by atoms with van der Waals surface area (Å²) in [5.74, 6) is -0.258. The minimum absolute atomic E-state index is 0.258. The molecule has 0 bridgehead atoms. The summed E-state index contributed by atoms with van der Waals surface area (Å²) in [4.78, 5) is 15.8. The van der Waals surface area contributed by atoms with Gasteiger partial charge in [-0.05, 0) is 26.7 Å². The van der Waals surface area contributed by atoms with Gasteiger partial charge in [-0.2, -0.15) is 0 Å². The lowest BCUT2D eigenvalue weighted by atomic mass is 10.3. The summed E-state index contributed by atoms with van der Waals surface area (Å²) in [5.41, 5.74) is 2.75. The molecule has 0 fully saturated rings. The predicted octanol–water partition coefficient (Wildman–Crippen LogP) is 1.97. The lowest BCUT2D eigenvalue weighted by Gasteiger charge is -2.03. The molecule has 13 heavy (non-hydrogen) atoms. The Morgan fingerprint density at radius 3 is 2.85 bits per heavy atom. The van der Waals surface area contributed by atoms with Crippen molar-refractivity contribution >= 4 is 5.91 Å². The van der Waals surface area contributed by atoms with Crippen molar-refractivity contribution in [3.63, 3.8) is 0 Å². The molecule has 0 saturated heterocycles. The first kappa shape index (κ1) is 11.9. The molecule has 3 nitrogen and oxygen atoms in total. The van der Waals surface area contributed by atoms with Gasteiger partial charge in [0.25, 0.3) is 5.91 Å². The summed E-state index contributed by atoms with van der Waals surface area (Å²) in [5, 5.41) is 0. The molecule has 0 aliphatic carbocycles. The summed E-state index contributed by atoms with van der Waals surface area (Å²) < 4.78 is 0. The van der Waals surface area contributed by atoms with Gasteiger partial charge in [0, 0.05) is 5.57 Å². The van der Waals surface area contributed by atoms with Gasteiger partial charge in [0.1, 0.15) is 0 Å². The van der Waals surface area contributed by atoms with Crippen LogP contribution in [0.5, 0.6) is 0 Å². The van der Waals surface area contributed by atoms with Crippen LogP contribution in [-0.4, -0.2) is 12.5 Å². The van der Waals surface area contributed by atoms with Crippen LogP contribution in [0, 0.1) is 0 Å². The van der Waals surface area contributed by atoms with E-state index in [1.807, 2.05) is 13.0 Å². The summed E-state index contributed by atoms with van der Waals surface area (Å²) in [7, 11) is 0. The van der Waals surface area contributed by atoms with Crippen molar-refractivity contribution in [3.05, 3.63) is 24.3 Å². The van der Waals surface area contributed by atoms with Gasteiger partial charge in [-0.1, -0.05) is 18.7 Å². The average Bonchev–Trinajstić information content (AvgIpc) is 2.10. The van der Waals surface area contributed by atoms with Crippen molar-refractivity contribution in [1.29, 1.82) is 0 Å². The van der Waals surface area contributed by atoms with Crippen molar-refractivity contribution < 1.29 is 9.63 Å². The molecular weight excluding hydrogens is 166 g/mol. The van der Waals surface area contributed by atoms with E-state index in [4.69, 9.17) is 4.84 Å². The van der Waals surface area contributed by atoms with Crippen molar-refractivity contribution in [2.75, 3.05) is 6.61 Å². The van der Waals surface area contributed by atoms with Gasteiger partial charge in [0.05, 0.1) is 6.61 Å². The normalized spacial score (nSPS) is 10.3. The van der Waals surface area contributed by atoms with Crippen LogP contribution in [-0.2, 0) is 9.63 Å². The molecule has 0 aliphatic rings. The lowest BCUT2D eigenvalue weighted by molar-refractivity contribution is -0.129. The summed E-state index contributed by atoms with van der Waals surface area (Å²) in [6, 6.07) is 0.